The predicted octanol–water partition coefficient (Wildman–Crippen LogP) is 2.11. The first-order valence-corrected chi connectivity index (χ1v) is 14.2. The highest BCUT2D eigenvalue weighted by Gasteiger charge is 2.18. The number of carbonyl (C=O) groups excluding carboxylic acids is 2. The summed E-state index contributed by atoms with van der Waals surface area (Å²) in [4.78, 5) is 40.1. The topological polar surface area (TPSA) is 164 Å². The summed E-state index contributed by atoms with van der Waals surface area (Å²) in [6.45, 7) is 5.69. The fraction of sp³-hybridized carbons (Fsp3) is 0.414. The van der Waals surface area contributed by atoms with Gasteiger partial charge < -0.3 is 35.1 Å². The van der Waals surface area contributed by atoms with Crippen LogP contribution in [0.2, 0.25) is 0 Å². The largest absolute Gasteiger partial charge is 0.491 e. The van der Waals surface area contributed by atoms with Crippen LogP contribution < -0.4 is 21.1 Å². The van der Waals surface area contributed by atoms with Crippen molar-refractivity contribution in [3.8, 4) is 5.75 Å². The van der Waals surface area contributed by atoms with E-state index in [1.807, 2.05) is 21.3 Å². The molecule has 1 aliphatic rings. The molecular weight excluding hydrogens is 554 g/mol. The van der Waals surface area contributed by atoms with E-state index in [-0.39, 0.29) is 0 Å². The van der Waals surface area contributed by atoms with E-state index in [0.717, 1.165) is 44.8 Å². The van der Waals surface area contributed by atoms with Crippen LogP contribution in [0.4, 0.5) is 11.9 Å². The maximum Gasteiger partial charge on any atom is 0.339 e. The van der Waals surface area contributed by atoms with Crippen molar-refractivity contribution in [2.24, 2.45) is 5.73 Å². The molecular formula is C29H37N9O5. The normalized spacial score (nSPS) is 14.0. The van der Waals surface area contributed by atoms with Gasteiger partial charge in [0.05, 0.1) is 38.0 Å². The van der Waals surface area contributed by atoms with Gasteiger partial charge in [-0.25, -0.2) is 19.7 Å². The molecule has 14 nitrogen and oxygen atoms in total. The fourth-order valence-electron chi connectivity index (χ4n) is 5.11. The van der Waals surface area contributed by atoms with Gasteiger partial charge in [-0.2, -0.15) is 0 Å². The van der Waals surface area contributed by atoms with E-state index in [9.17, 15) is 9.59 Å². The lowest BCUT2D eigenvalue weighted by Crippen LogP contribution is -2.37. The first kappa shape index (κ1) is 29.8. The number of ether oxygens (including phenoxy) is 3. The number of nitrogens with two attached hydrogens (primary N) is 1. The number of carbonyl (C=O) groups is 2. The molecule has 4 heterocycles. The van der Waals surface area contributed by atoms with Gasteiger partial charge in [0.1, 0.15) is 16.8 Å². The molecule has 1 saturated heterocycles. The average Bonchev–Trinajstić information content (AvgIpc) is 3.58. The number of imidazole rings is 2. The third-order valence-corrected chi connectivity index (χ3v) is 7.27. The summed E-state index contributed by atoms with van der Waals surface area (Å²) in [6, 6.07) is 5.03. The Bertz CT molecular complexity index is 1640. The van der Waals surface area contributed by atoms with Gasteiger partial charge in [-0.05, 0) is 24.6 Å². The van der Waals surface area contributed by atoms with E-state index in [4.69, 9.17) is 24.9 Å². The number of hydrogen-bond acceptors (Lipinski definition) is 11. The lowest BCUT2D eigenvalue weighted by Gasteiger charge is -2.26. The molecule has 0 aliphatic carbocycles. The second-order valence-corrected chi connectivity index (χ2v) is 9.98. The van der Waals surface area contributed by atoms with Crippen LogP contribution in [-0.2, 0) is 22.6 Å². The summed E-state index contributed by atoms with van der Waals surface area (Å²) in [7, 11) is 4.91. The van der Waals surface area contributed by atoms with Gasteiger partial charge in [0.15, 0.2) is 5.65 Å². The van der Waals surface area contributed by atoms with Gasteiger partial charge in [0.25, 0.3) is 0 Å². The van der Waals surface area contributed by atoms with Crippen LogP contribution in [0.3, 0.4) is 0 Å². The van der Waals surface area contributed by atoms with Gasteiger partial charge >= 0.3 is 5.97 Å². The molecule has 43 heavy (non-hydrogen) atoms. The molecule has 0 atom stereocenters. The third-order valence-electron chi connectivity index (χ3n) is 7.27. The molecule has 0 radical (unpaired) electrons. The second-order valence-electron chi connectivity index (χ2n) is 9.98. The molecule has 0 saturated carbocycles. The van der Waals surface area contributed by atoms with Crippen molar-refractivity contribution >= 4 is 46.0 Å². The van der Waals surface area contributed by atoms with Crippen molar-refractivity contribution in [3.63, 3.8) is 0 Å². The third kappa shape index (κ3) is 6.54. The molecule has 14 heteroatoms. The highest BCUT2D eigenvalue weighted by molar-refractivity contribution is 5.99. The summed E-state index contributed by atoms with van der Waals surface area (Å²) >= 11 is 0. The molecule has 0 bridgehead atoms. The highest BCUT2D eigenvalue weighted by atomic mass is 16.5. The average molecular weight is 592 g/mol. The first-order chi connectivity index (χ1) is 20.9. The minimum atomic E-state index is -0.541. The molecule has 0 unspecified atom stereocenters. The van der Waals surface area contributed by atoms with Crippen LogP contribution in [0.15, 0.2) is 36.5 Å². The zero-order valence-corrected chi connectivity index (χ0v) is 24.6. The molecule has 228 valence electrons. The quantitative estimate of drug-likeness (QED) is 0.119. The van der Waals surface area contributed by atoms with Crippen LogP contribution in [-0.4, -0.2) is 102 Å². The van der Waals surface area contributed by atoms with Gasteiger partial charge in [-0.3, -0.25) is 14.3 Å². The maximum atomic E-state index is 12.1. The van der Waals surface area contributed by atoms with Crippen LogP contribution in [0.5, 0.6) is 5.75 Å². The van der Waals surface area contributed by atoms with Gasteiger partial charge in [-0.1, -0.05) is 12.2 Å². The van der Waals surface area contributed by atoms with Crippen LogP contribution >= 0.6 is 0 Å². The van der Waals surface area contributed by atoms with E-state index in [2.05, 4.69) is 25.5 Å². The van der Waals surface area contributed by atoms with Crippen LogP contribution in [0.1, 0.15) is 27.1 Å². The molecule has 1 aliphatic heterocycles. The van der Waals surface area contributed by atoms with E-state index in [0.29, 0.717) is 65.2 Å². The van der Waals surface area contributed by atoms with E-state index >= 15 is 0 Å². The number of primary amides is 1. The van der Waals surface area contributed by atoms with Crippen molar-refractivity contribution in [1.82, 2.24) is 29.0 Å². The molecule has 0 spiro atoms. The van der Waals surface area contributed by atoms with Gasteiger partial charge in [-0.15, -0.1) is 0 Å². The van der Waals surface area contributed by atoms with E-state index in [1.54, 1.807) is 32.3 Å². The van der Waals surface area contributed by atoms with Crippen molar-refractivity contribution in [3.05, 3.63) is 47.7 Å². The smallest absolute Gasteiger partial charge is 0.339 e. The Morgan fingerprint density at radius 1 is 1.00 bits per heavy atom. The van der Waals surface area contributed by atoms with Crippen molar-refractivity contribution < 1.29 is 23.8 Å². The molecule has 1 amide bonds. The fourth-order valence-corrected chi connectivity index (χ4v) is 5.11. The summed E-state index contributed by atoms with van der Waals surface area (Å²) in [5.74, 6) is 0.789. The standard InChI is InChI=1S/C29H37N9O5/c1-31-28-34-21-15-19(25(30)39)17-23(43-12-6-7-36-10-13-42-14-11-36)24(21)37(28)8-4-5-9-38-26-22(35-29(38)32-2)16-20(18-33-26)27(40)41-3/h4-5,15-18H,6-14H2,1-3H3,(H2,30,39)(H,31,34)(H,32,35)/b5-4+. The number of fused-ring (bicyclic) bond motifs is 2. The summed E-state index contributed by atoms with van der Waals surface area (Å²) in [6.07, 6.45) is 6.33. The number of benzene rings is 1. The van der Waals surface area contributed by atoms with E-state index < -0.39 is 11.9 Å². The number of nitrogens with zero attached hydrogens (tertiary/aromatic N) is 6. The number of rotatable bonds is 13. The number of nitrogens with one attached hydrogen (secondary N) is 2. The molecule has 4 N–H and O–H groups in total. The Labute approximate surface area is 248 Å². The summed E-state index contributed by atoms with van der Waals surface area (Å²) in [5.41, 5.74) is 8.90. The van der Waals surface area contributed by atoms with Crippen molar-refractivity contribution in [1.29, 1.82) is 0 Å². The number of morpholine rings is 1. The Kier molecular flexibility index (Phi) is 9.37. The Balaban J connectivity index is 1.36. The van der Waals surface area contributed by atoms with Crippen LogP contribution in [0, 0.1) is 0 Å². The molecule has 4 aromatic rings. The lowest BCUT2D eigenvalue weighted by atomic mass is 10.1. The molecule has 5 rings (SSSR count). The molecule has 3 aromatic heterocycles. The Hall–Kier alpha value is -4.69. The molecule has 1 fully saturated rings. The monoisotopic (exact) mass is 591 g/mol. The number of hydrogen-bond donors (Lipinski definition) is 3. The predicted molar refractivity (Wildman–Crippen MR) is 163 cm³/mol. The van der Waals surface area contributed by atoms with E-state index in [1.165, 1.54) is 13.3 Å². The summed E-state index contributed by atoms with van der Waals surface area (Å²) in [5, 5.41) is 6.23. The number of aromatic nitrogens is 5. The first-order valence-electron chi connectivity index (χ1n) is 14.2. The number of pyridine rings is 1. The zero-order valence-electron chi connectivity index (χ0n) is 24.6. The Morgan fingerprint density at radius 2 is 1.67 bits per heavy atom. The second kappa shape index (κ2) is 13.5. The number of methoxy groups -OCH3 is 1. The van der Waals surface area contributed by atoms with Gasteiger partial charge in [0, 0.05) is 58.6 Å². The highest BCUT2D eigenvalue weighted by Crippen LogP contribution is 2.31. The van der Waals surface area contributed by atoms with Crippen molar-refractivity contribution in [2.45, 2.75) is 19.5 Å². The zero-order chi connectivity index (χ0) is 30.3. The maximum absolute atomic E-state index is 12.1. The number of anilines is 2. The lowest BCUT2D eigenvalue weighted by molar-refractivity contribution is 0.0358. The number of esters is 1. The minimum absolute atomic E-state index is 0.336. The number of amides is 1. The SMILES string of the molecule is CNc1nc2cc(C(=O)OC)cnc2n1C/C=C/Cn1c(NC)nc2cc(C(N)=O)cc(OCCCN3CCOCC3)c21. The molecule has 1 aromatic carbocycles. The summed E-state index contributed by atoms with van der Waals surface area (Å²) < 4.78 is 20.4. The van der Waals surface area contributed by atoms with Crippen molar-refractivity contribution in [2.75, 3.05) is 71.3 Å². The number of allylic oxidation sites excluding steroid dienone is 2. The Morgan fingerprint density at radius 3 is 2.37 bits per heavy atom. The van der Waals surface area contributed by atoms with Gasteiger partial charge in [0.2, 0.25) is 17.8 Å². The van der Waals surface area contributed by atoms with Crippen LogP contribution in [0.25, 0.3) is 22.2 Å². The minimum Gasteiger partial charge on any atom is -0.491 e.